The fourth-order valence-electron chi connectivity index (χ4n) is 2.31. The van der Waals surface area contributed by atoms with Gasteiger partial charge in [0.2, 0.25) is 0 Å². The van der Waals surface area contributed by atoms with Crippen molar-refractivity contribution in [2.24, 2.45) is 5.73 Å². The highest BCUT2D eigenvalue weighted by atomic mass is 32.2. The van der Waals surface area contributed by atoms with E-state index in [9.17, 15) is 0 Å². The van der Waals surface area contributed by atoms with E-state index in [4.69, 9.17) is 5.73 Å². The summed E-state index contributed by atoms with van der Waals surface area (Å²) in [6, 6.07) is 8.62. The van der Waals surface area contributed by atoms with Gasteiger partial charge in [0.1, 0.15) is 5.03 Å². The molecule has 1 aliphatic carbocycles. The van der Waals surface area contributed by atoms with E-state index in [1.165, 1.54) is 35.3 Å². The summed E-state index contributed by atoms with van der Waals surface area (Å²) in [6.07, 6.45) is 5.39. The number of rotatable bonds is 3. The molecule has 18 heavy (non-hydrogen) atoms. The highest BCUT2D eigenvalue weighted by Crippen LogP contribution is 2.32. The quantitative estimate of drug-likeness (QED) is 0.918. The molecule has 0 radical (unpaired) electrons. The van der Waals surface area contributed by atoms with Gasteiger partial charge in [-0.15, -0.1) is 5.10 Å². The maximum Gasteiger partial charge on any atom is 0.128 e. The van der Waals surface area contributed by atoms with Crippen LogP contribution in [0.1, 0.15) is 23.1 Å². The van der Waals surface area contributed by atoms with E-state index in [1.54, 1.807) is 18.0 Å². The van der Waals surface area contributed by atoms with Crippen molar-refractivity contribution in [1.29, 1.82) is 0 Å². The monoisotopic (exact) mass is 257 g/mol. The van der Waals surface area contributed by atoms with Crippen molar-refractivity contribution in [2.75, 3.05) is 0 Å². The van der Waals surface area contributed by atoms with E-state index in [-0.39, 0.29) is 0 Å². The van der Waals surface area contributed by atoms with Crippen LogP contribution in [-0.2, 0) is 19.4 Å². The Balaban J connectivity index is 1.88. The molecule has 0 bridgehead atoms. The molecule has 0 amide bonds. The van der Waals surface area contributed by atoms with E-state index >= 15 is 0 Å². The topological polar surface area (TPSA) is 51.8 Å². The van der Waals surface area contributed by atoms with Gasteiger partial charge >= 0.3 is 0 Å². The van der Waals surface area contributed by atoms with E-state index < -0.39 is 0 Å². The third kappa shape index (κ3) is 2.26. The van der Waals surface area contributed by atoms with Crippen LogP contribution in [0.5, 0.6) is 0 Å². The molecule has 0 fully saturated rings. The summed E-state index contributed by atoms with van der Waals surface area (Å²) in [4.78, 5) is 1.23. The van der Waals surface area contributed by atoms with Crippen LogP contribution in [0.4, 0.5) is 0 Å². The van der Waals surface area contributed by atoms with Crippen LogP contribution in [0.15, 0.2) is 40.4 Å². The van der Waals surface area contributed by atoms with Crippen LogP contribution < -0.4 is 5.73 Å². The molecule has 0 unspecified atom stereocenters. The van der Waals surface area contributed by atoms with Gasteiger partial charge in [0.05, 0.1) is 0 Å². The number of aromatic nitrogens is 2. The Kier molecular flexibility index (Phi) is 3.30. The van der Waals surface area contributed by atoms with Crippen molar-refractivity contribution < 1.29 is 0 Å². The van der Waals surface area contributed by atoms with Crippen molar-refractivity contribution in [1.82, 2.24) is 10.2 Å². The van der Waals surface area contributed by atoms with Gasteiger partial charge in [0.25, 0.3) is 0 Å². The Bertz CT molecular complexity index is 569. The zero-order chi connectivity index (χ0) is 12.4. The average Bonchev–Trinajstić information content (AvgIpc) is 2.87. The van der Waals surface area contributed by atoms with Gasteiger partial charge in [-0.25, -0.2) is 0 Å². The summed E-state index contributed by atoms with van der Waals surface area (Å²) in [5.41, 5.74) is 9.75. The van der Waals surface area contributed by atoms with E-state index in [1.807, 2.05) is 6.07 Å². The number of hydrogen-bond acceptors (Lipinski definition) is 4. The largest absolute Gasteiger partial charge is 0.326 e. The minimum atomic E-state index is 0.503. The zero-order valence-corrected chi connectivity index (χ0v) is 10.9. The van der Waals surface area contributed by atoms with Crippen LogP contribution in [0.3, 0.4) is 0 Å². The van der Waals surface area contributed by atoms with Gasteiger partial charge in [-0.3, -0.25) is 0 Å². The molecule has 0 saturated carbocycles. The maximum atomic E-state index is 5.71. The van der Waals surface area contributed by atoms with Crippen molar-refractivity contribution in [3.8, 4) is 0 Å². The molecule has 2 aromatic rings. The second-order valence-electron chi connectivity index (χ2n) is 4.45. The van der Waals surface area contributed by atoms with Gasteiger partial charge < -0.3 is 5.73 Å². The number of aryl methyl sites for hydroxylation is 2. The number of nitrogens with zero attached hydrogens (tertiary/aromatic N) is 2. The first-order valence-corrected chi connectivity index (χ1v) is 6.99. The first-order chi connectivity index (χ1) is 8.86. The third-order valence-corrected chi connectivity index (χ3v) is 4.30. The molecule has 0 atom stereocenters. The molecule has 1 aromatic carbocycles. The molecule has 2 N–H and O–H groups in total. The molecule has 0 aliphatic heterocycles. The van der Waals surface area contributed by atoms with E-state index in [0.717, 1.165) is 10.6 Å². The lowest BCUT2D eigenvalue weighted by atomic mass is 10.1. The molecule has 0 spiro atoms. The fourth-order valence-corrected chi connectivity index (χ4v) is 3.24. The van der Waals surface area contributed by atoms with Crippen LogP contribution in [0.25, 0.3) is 0 Å². The minimum Gasteiger partial charge on any atom is -0.326 e. The number of fused-ring (bicyclic) bond motifs is 1. The molecule has 1 heterocycles. The Morgan fingerprint density at radius 2 is 2.06 bits per heavy atom. The lowest BCUT2D eigenvalue weighted by Crippen LogP contribution is -2.00. The van der Waals surface area contributed by atoms with Crippen LogP contribution >= 0.6 is 11.8 Å². The molecule has 3 nitrogen and oxygen atoms in total. The zero-order valence-electron chi connectivity index (χ0n) is 10.1. The summed E-state index contributed by atoms with van der Waals surface area (Å²) in [7, 11) is 0. The van der Waals surface area contributed by atoms with Gasteiger partial charge in [-0.1, -0.05) is 17.8 Å². The van der Waals surface area contributed by atoms with Gasteiger partial charge in [-0.05, 0) is 48.6 Å². The summed E-state index contributed by atoms with van der Waals surface area (Å²) in [6.45, 7) is 0.503. The summed E-state index contributed by atoms with van der Waals surface area (Å²) in [5, 5.41) is 9.02. The second-order valence-corrected chi connectivity index (χ2v) is 5.51. The highest BCUT2D eigenvalue weighted by Gasteiger charge is 2.12. The molecular weight excluding hydrogens is 242 g/mol. The van der Waals surface area contributed by atoms with Crippen LogP contribution in [-0.4, -0.2) is 10.2 Å². The number of hydrogen-bond donors (Lipinski definition) is 1. The summed E-state index contributed by atoms with van der Waals surface area (Å²) < 4.78 is 0. The molecule has 92 valence electrons. The van der Waals surface area contributed by atoms with Crippen molar-refractivity contribution in [3.63, 3.8) is 0 Å². The molecule has 1 aliphatic rings. The standard InChI is InChI=1S/C14H15N3S/c15-9-12-6-7-16-17-14(12)18-13-5-4-10-2-1-3-11(10)8-13/h4-8H,1-3,9,15H2. The first kappa shape index (κ1) is 11.7. The normalized spacial score (nSPS) is 13.6. The number of benzene rings is 1. The van der Waals surface area contributed by atoms with Crippen LogP contribution in [0, 0.1) is 0 Å². The fraction of sp³-hybridized carbons (Fsp3) is 0.286. The summed E-state index contributed by atoms with van der Waals surface area (Å²) in [5.74, 6) is 0. The average molecular weight is 257 g/mol. The highest BCUT2D eigenvalue weighted by molar-refractivity contribution is 7.99. The van der Waals surface area contributed by atoms with E-state index in [0.29, 0.717) is 6.54 Å². The minimum absolute atomic E-state index is 0.503. The molecule has 3 rings (SSSR count). The Labute approximate surface area is 111 Å². The predicted molar refractivity (Wildman–Crippen MR) is 72.5 cm³/mol. The summed E-state index contributed by atoms with van der Waals surface area (Å²) >= 11 is 1.65. The first-order valence-electron chi connectivity index (χ1n) is 6.17. The third-order valence-electron chi connectivity index (χ3n) is 3.27. The van der Waals surface area contributed by atoms with Crippen molar-refractivity contribution in [2.45, 2.75) is 35.7 Å². The maximum absolute atomic E-state index is 5.71. The Hall–Kier alpha value is -1.39. The smallest absolute Gasteiger partial charge is 0.128 e. The van der Waals surface area contributed by atoms with E-state index in [2.05, 4.69) is 28.4 Å². The second kappa shape index (κ2) is 5.08. The molecular formula is C14H15N3S. The Morgan fingerprint density at radius 1 is 1.17 bits per heavy atom. The SMILES string of the molecule is NCc1ccnnc1Sc1ccc2c(c1)CCC2. The molecule has 0 saturated heterocycles. The lowest BCUT2D eigenvalue weighted by Gasteiger charge is -2.06. The predicted octanol–water partition coefficient (Wildman–Crippen LogP) is 2.58. The van der Waals surface area contributed by atoms with Crippen LogP contribution in [0.2, 0.25) is 0 Å². The molecule has 4 heteroatoms. The number of nitrogens with two attached hydrogens (primary N) is 1. The van der Waals surface area contributed by atoms with Gasteiger partial charge in [-0.2, -0.15) is 5.10 Å². The lowest BCUT2D eigenvalue weighted by molar-refractivity contribution is 0.866. The van der Waals surface area contributed by atoms with Crippen molar-refractivity contribution >= 4 is 11.8 Å². The molecule has 1 aromatic heterocycles. The van der Waals surface area contributed by atoms with Gasteiger partial charge in [0.15, 0.2) is 0 Å². The van der Waals surface area contributed by atoms with Gasteiger partial charge in [0, 0.05) is 23.2 Å². The Morgan fingerprint density at radius 3 is 2.94 bits per heavy atom. The van der Waals surface area contributed by atoms with Crippen molar-refractivity contribution in [3.05, 3.63) is 47.2 Å².